The van der Waals surface area contributed by atoms with Gasteiger partial charge in [0.2, 0.25) is 23.2 Å². The molecule has 3 aliphatic heterocycles. The van der Waals surface area contributed by atoms with Crippen LogP contribution in [0.4, 0.5) is 25.4 Å². The lowest BCUT2D eigenvalue weighted by molar-refractivity contribution is -0.137. The van der Waals surface area contributed by atoms with Crippen LogP contribution in [0.15, 0.2) is 53.5 Å². The maximum Gasteiger partial charge on any atom is 0.410 e. The fourth-order valence-corrected chi connectivity index (χ4v) is 9.14. The maximum atomic E-state index is 16.1. The van der Waals surface area contributed by atoms with Gasteiger partial charge in [0.05, 0.1) is 35.3 Å². The van der Waals surface area contributed by atoms with E-state index < -0.39 is 70.9 Å². The van der Waals surface area contributed by atoms with Crippen molar-refractivity contribution in [3.63, 3.8) is 0 Å². The van der Waals surface area contributed by atoms with Gasteiger partial charge in [-0.15, -0.1) is 0 Å². The number of nitrogens with two attached hydrogens (primary N) is 1. The molecule has 1 aliphatic carbocycles. The lowest BCUT2D eigenvalue weighted by Crippen LogP contribution is -2.54. The molecule has 23 heteroatoms. The minimum Gasteiger partial charge on any atom is -0.477 e. The van der Waals surface area contributed by atoms with Gasteiger partial charge in [0.1, 0.15) is 41.7 Å². The van der Waals surface area contributed by atoms with E-state index in [9.17, 15) is 53.5 Å². The summed E-state index contributed by atoms with van der Waals surface area (Å²) in [6.07, 6.45) is 5.76. The number of benzene rings is 2. The number of hydrogen-bond donors (Lipinski definition) is 6. The standard InChI is InChI=1S/C49H57FN10O12/c1-27(2)41(56-38(61)8-4-3-5-18-59-39(62)15-16-40(59)63)46(66)55-35(7-6-17-53-48(52)69)45(65)54-29-11-9-28(10-12-29)26-72-49(70)58-19-20-71-37-25-57(24-36(37)58)43-32(22-51)42-31(21-34(43)50)44(64)33(47(67)68)23-60(42)30-13-14-30/h9-12,15-16,21,23,27,30,35-37,41H,3-8,13-14,17-20,24-26H2,1-2H3,(H,54,65)(H,55,66)(H,56,61)(H,67,68)(H3,52,53,69)/t35-,36+,37+,41-/m0/s1. The summed E-state index contributed by atoms with van der Waals surface area (Å²) in [7, 11) is 0. The maximum absolute atomic E-state index is 16.1. The van der Waals surface area contributed by atoms with Crippen LogP contribution in [0, 0.1) is 23.1 Å². The normalized spacial score (nSPS) is 18.1. The summed E-state index contributed by atoms with van der Waals surface area (Å²) in [5, 5.41) is 30.6. The molecule has 2 aromatic carbocycles. The number of aromatic carboxylic acids is 1. The number of ether oxygens (including phenoxy) is 2. The number of nitriles is 1. The predicted molar refractivity (Wildman–Crippen MR) is 256 cm³/mol. The number of carbonyl (C=O) groups excluding carboxylic acids is 7. The smallest absolute Gasteiger partial charge is 0.410 e. The highest BCUT2D eigenvalue weighted by Crippen LogP contribution is 2.41. The summed E-state index contributed by atoms with van der Waals surface area (Å²) >= 11 is 0. The molecule has 382 valence electrons. The van der Waals surface area contributed by atoms with E-state index in [0.717, 1.165) is 11.0 Å². The van der Waals surface area contributed by atoms with E-state index in [4.69, 9.17) is 15.2 Å². The predicted octanol–water partition coefficient (Wildman–Crippen LogP) is 2.77. The molecule has 7 N–H and O–H groups in total. The molecule has 0 bridgehead atoms. The van der Waals surface area contributed by atoms with Crippen LogP contribution in [0.2, 0.25) is 0 Å². The van der Waals surface area contributed by atoms with Crippen molar-refractivity contribution in [2.75, 3.05) is 49.5 Å². The summed E-state index contributed by atoms with van der Waals surface area (Å²) in [6.45, 7) is 4.19. The average Bonchev–Trinajstić information content (AvgIpc) is 4.02. The van der Waals surface area contributed by atoms with Crippen LogP contribution < -0.4 is 37.3 Å². The Morgan fingerprint density at radius 2 is 1.69 bits per heavy atom. The number of pyridine rings is 1. The number of halogens is 1. The lowest BCUT2D eigenvalue weighted by Gasteiger charge is -2.35. The molecule has 4 aliphatic rings. The van der Waals surface area contributed by atoms with Gasteiger partial charge in [0.15, 0.2) is 0 Å². The summed E-state index contributed by atoms with van der Waals surface area (Å²) in [5.41, 5.74) is 4.66. The Kier molecular flexibility index (Phi) is 16.5. The van der Waals surface area contributed by atoms with Gasteiger partial charge < -0.3 is 51.0 Å². The van der Waals surface area contributed by atoms with E-state index in [1.807, 2.05) is 0 Å². The number of anilines is 2. The molecule has 4 atom stereocenters. The van der Waals surface area contributed by atoms with Gasteiger partial charge in [-0.05, 0) is 68.2 Å². The molecule has 0 radical (unpaired) electrons. The quantitative estimate of drug-likeness (QED) is 0.0661. The van der Waals surface area contributed by atoms with Crippen LogP contribution in [0.1, 0.15) is 92.7 Å². The molecule has 7 rings (SSSR count). The van der Waals surface area contributed by atoms with Crippen molar-refractivity contribution in [3.05, 3.63) is 81.4 Å². The first-order valence-corrected chi connectivity index (χ1v) is 23.9. The number of carboxylic acids is 1. The van der Waals surface area contributed by atoms with Crippen LogP contribution in [0.5, 0.6) is 0 Å². The van der Waals surface area contributed by atoms with Gasteiger partial charge in [0.25, 0.3) is 11.8 Å². The van der Waals surface area contributed by atoms with Crippen molar-refractivity contribution in [1.82, 2.24) is 30.3 Å². The third kappa shape index (κ3) is 12.2. The van der Waals surface area contributed by atoms with Gasteiger partial charge in [-0.2, -0.15) is 5.26 Å². The SMILES string of the molecule is CC(C)[C@H](NC(=O)CCCCCN1C(=O)C=CC1=O)C(=O)N[C@@H](CCCNC(N)=O)C(=O)Nc1ccc(COC(=O)N2CCO[C@@H]3CN(c4c(F)cc5c(=O)c(C(=O)O)cn(C6CC6)c5c4C#N)C[C@H]32)cc1. The Bertz CT molecular complexity index is 2750. The Balaban J connectivity index is 0.939. The van der Waals surface area contributed by atoms with Crippen molar-refractivity contribution >= 4 is 69.9 Å². The highest BCUT2D eigenvalue weighted by atomic mass is 19.1. The summed E-state index contributed by atoms with van der Waals surface area (Å²) in [6, 6.07) is 5.87. The number of unbranched alkanes of at least 4 members (excludes halogenated alkanes) is 2. The van der Waals surface area contributed by atoms with E-state index in [0.29, 0.717) is 43.4 Å². The highest BCUT2D eigenvalue weighted by molar-refractivity contribution is 6.12. The number of carboxylic acid groups (broad SMARTS) is 1. The number of rotatable bonds is 21. The zero-order chi connectivity index (χ0) is 51.8. The van der Waals surface area contributed by atoms with Crippen molar-refractivity contribution < 1.29 is 57.3 Å². The Morgan fingerprint density at radius 1 is 0.972 bits per heavy atom. The number of carbonyl (C=O) groups is 8. The van der Waals surface area contributed by atoms with Gasteiger partial charge >= 0.3 is 18.1 Å². The molecule has 1 aromatic heterocycles. The molecule has 0 spiro atoms. The van der Waals surface area contributed by atoms with Crippen molar-refractivity contribution in [3.8, 4) is 6.07 Å². The first-order valence-electron chi connectivity index (χ1n) is 23.9. The number of fused-ring (bicyclic) bond motifs is 2. The number of aromatic nitrogens is 1. The fourth-order valence-electron chi connectivity index (χ4n) is 9.14. The van der Waals surface area contributed by atoms with Crippen LogP contribution in [0.3, 0.4) is 0 Å². The number of hydrogen-bond acceptors (Lipinski definition) is 13. The highest BCUT2D eigenvalue weighted by Gasteiger charge is 2.45. The zero-order valence-corrected chi connectivity index (χ0v) is 39.8. The zero-order valence-electron chi connectivity index (χ0n) is 39.8. The Morgan fingerprint density at radius 3 is 2.35 bits per heavy atom. The number of primary amides is 1. The largest absolute Gasteiger partial charge is 0.477 e. The molecular weight excluding hydrogens is 940 g/mol. The molecule has 4 heterocycles. The number of imide groups is 1. The summed E-state index contributed by atoms with van der Waals surface area (Å²) in [4.78, 5) is 118. The van der Waals surface area contributed by atoms with Gasteiger partial charge in [-0.1, -0.05) is 32.4 Å². The van der Waals surface area contributed by atoms with E-state index >= 15 is 4.39 Å². The van der Waals surface area contributed by atoms with Crippen LogP contribution in [0.25, 0.3) is 10.9 Å². The van der Waals surface area contributed by atoms with Crippen molar-refractivity contribution in [2.24, 2.45) is 11.7 Å². The average molecular weight is 997 g/mol. The number of nitrogens with zero attached hydrogens (tertiary/aromatic N) is 5. The molecule has 3 aromatic rings. The van der Waals surface area contributed by atoms with E-state index in [1.165, 1.54) is 23.2 Å². The van der Waals surface area contributed by atoms with Crippen LogP contribution in [-0.4, -0.2) is 131 Å². The van der Waals surface area contributed by atoms with Gasteiger partial charge in [-0.3, -0.25) is 38.6 Å². The topological polar surface area (TPSA) is 305 Å². The van der Waals surface area contributed by atoms with Crippen molar-refractivity contribution in [2.45, 2.75) is 102 Å². The van der Waals surface area contributed by atoms with Crippen molar-refractivity contribution in [1.29, 1.82) is 5.26 Å². The first-order chi connectivity index (χ1) is 34.4. The molecule has 3 fully saturated rings. The Labute approximate surface area is 412 Å². The molecule has 72 heavy (non-hydrogen) atoms. The third-order valence-corrected chi connectivity index (χ3v) is 13.0. The third-order valence-electron chi connectivity index (χ3n) is 13.0. The molecule has 22 nitrogen and oxygen atoms in total. The Hall–Kier alpha value is -7.87. The second-order valence-corrected chi connectivity index (χ2v) is 18.5. The minimum atomic E-state index is -1.46. The second-order valence-electron chi connectivity index (χ2n) is 18.5. The number of nitrogens with one attached hydrogen (secondary N) is 4. The molecular formula is C49H57FN10O12. The van der Waals surface area contributed by atoms with Crippen LogP contribution >= 0.6 is 0 Å². The van der Waals surface area contributed by atoms with Gasteiger partial charge in [0, 0.05) is 69.2 Å². The van der Waals surface area contributed by atoms with E-state index in [2.05, 4.69) is 27.3 Å². The van der Waals surface area contributed by atoms with Crippen LogP contribution in [-0.2, 0) is 40.1 Å². The van der Waals surface area contributed by atoms with Gasteiger partial charge in [-0.25, -0.2) is 18.8 Å². The molecule has 1 saturated carbocycles. The molecule has 0 unspecified atom stereocenters. The number of amides is 8. The van der Waals surface area contributed by atoms with E-state index in [-0.39, 0.29) is 117 Å². The fraction of sp³-hybridized carbons (Fsp3) is 0.469. The number of morpholine rings is 1. The molecule has 2 saturated heterocycles. The first kappa shape index (κ1) is 52.0. The summed E-state index contributed by atoms with van der Waals surface area (Å²) in [5.74, 6) is -5.01. The second kappa shape index (κ2) is 22.9. The lowest BCUT2D eigenvalue weighted by atomic mass is 10.0. The number of urea groups is 1. The molecule has 8 amide bonds. The van der Waals surface area contributed by atoms with E-state index in [1.54, 1.807) is 47.6 Å². The monoisotopic (exact) mass is 996 g/mol. The summed E-state index contributed by atoms with van der Waals surface area (Å²) < 4.78 is 29.3. The minimum absolute atomic E-state index is 0.0662.